The van der Waals surface area contributed by atoms with Crippen molar-refractivity contribution >= 4 is 28.6 Å². The van der Waals surface area contributed by atoms with Gasteiger partial charge in [0, 0.05) is 19.8 Å². The lowest BCUT2D eigenvalue weighted by atomic mass is 10.1. The maximum atomic E-state index is 4.40. The molecule has 1 saturated heterocycles. The van der Waals surface area contributed by atoms with E-state index in [2.05, 4.69) is 15.3 Å². The maximum Gasteiger partial charge on any atom is 0.154 e. The fourth-order valence-electron chi connectivity index (χ4n) is 2.18. The number of rotatable bonds is 3. The van der Waals surface area contributed by atoms with E-state index in [-0.39, 0.29) is 0 Å². The summed E-state index contributed by atoms with van der Waals surface area (Å²) in [6, 6.07) is 2.00. The molecule has 0 bridgehead atoms. The van der Waals surface area contributed by atoms with Gasteiger partial charge in [-0.15, -0.1) is 0 Å². The van der Waals surface area contributed by atoms with Gasteiger partial charge in [0.15, 0.2) is 5.82 Å². The summed E-state index contributed by atoms with van der Waals surface area (Å²) in [7, 11) is 2.01. The van der Waals surface area contributed by atoms with Crippen LogP contribution in [0.25, 0.3) is 11.0 Å². The molecule has 3 rings (SSSR count). The lowest BCUT2D eigenvalue weighted by molar-refractivity contribution is 0.631. The smallest absolute Gasteiger partial charge is 0.154 e. The first kappa shape index (κ1) is 10.9. The molecule has 0 radical (unpaired) electrons. The highest BCUT2D eigenvalue weighted by Crippen LogP contribution is 2.24. The number of imidazole rings is 1. The number of aryl methyl sites for hydroxylation is 1. The van der Waals surface area contributed by atoms with Gasteiger partial charge in [0.05, 0.1) is 11.8 Å². The molecule has 4 nitrogen and oxygen atoms in total. The van der Waals surface area contributed by atoms with Crippen molar-refractivity contribution in [2.24, 2.45) is 13.0 Å². The van der Waals surface area contributed by atoms with E-state index in [0.29, 0.717) is 0 Å². The lowest BCUT2D eigenvalue weighted by Gasteiger charge is -2.10. The third-order valence-electron chi connectivity index (χ3n) is 3.23. The van der Waals surface area contributed by atoms with Crippen molar-refractivity contribution in [2.75, 3.05) is 23.4 Å². The molecule has 3 heterocycles. The average Bonchev–Trinajstić information content (AvgIpc) is 2.97. The molecule has 0 aliphatic carbocycles. The molecule has 1 aliphatic heterocycles. The molecule has 2 aromatic rings. The van der Waals surface area contributed by atoms with Crippen LogP contribution in [0.15, 0.2) is 18.6 Å². The Bertz CT molecular complexity index is 516. The molecule has 0 saturated carbocycles. The van der Waals surface area contributed by atoms with Gasteiger partial charge in [-0.05, 0) is 29.9 Å². The number of hydrogen-bond acceptors (Lipinski definition) is 4. The van der Waals surface area contributed by atoms with Crippen molar-refractivity contribution in [3.05, 3.63) is 18.6 Å². The summed E-state index contributed by atoms with van der Waals surface area (Å²) in [6.45, 7) is 1.01. The van der Waals surface area contributed by atoms with Crippen LogP contribution in [0.1, 0.15) is 6.42 Å². The molecule has 0 amide bonds. The molecule has 1 unspecified atom stereocenters. The van der Waals surface area contributed by atoms with Crippen LogP contribution in [0, 0.1) is 5.92 Å². The fraction of sp³-hybridized carbons (Fsp3) is 0.500. The first-order valence-electron chi connectivity index (χ1n) is 5.92. The summed E-state index contributed by atoms with van der Waals surface area (Å²) in [6.07, 6.45) is 4.99. The Morgan fingerprint density at radius 3 is 3.29 bits per heavy atom. The Hall–Kier alpha value is -1.23. The summed E-state index contributed by atoms with van der Waals surface area (Å²) < 4.78 is 2.02. The number of aromatic nitrogens is 3. The van der Waals surface area contributed by atoms with Crippen LogP contribution in [0.4, 0.5) is 5.82 Å². The minimum absolute atomic E-state index is 0.778. The van der Waals surface area contributed by atoms with Crippen molar-refractivity contribution in [1.29, 1.82) is 0 Å². The van der Waals surface area contributed by atoms with E-state index in [4.69, 9.17) is 0 Å². The van der Waals surface area contributed by atoms with Gasteiger partial charge in [0.25, 0.3) is 0 Å². The van der Waals surface area contributed by atoms with Crippen molar-refractivity contribution in [2.45, 2.75) is 6.42 Å². The van der Waals surface area contributed by atoms with Gasteiger partial charge >= 0.3 is 0 Å². The van der Waals surface area contributed by atoms with Crippen molar-refractivity contribution in [3.63, 3.8) is 0 Å². The molecule has 1 fully saturated rings. The van der Waals surface area contributed by atoms with Crippen molar-refractivity contribution in [3.8, 4) is 0 Å². The molecule has 0 aromatic carbocycles. The molecule has 1 N–H and O–H groups in total. The van der Waals surface area contributed by atoms with E-state index >= 15 is 0 Å². The zero-order valence-corrected chi connectivity index (χ0v) is 10.7. The van der Waals surface area contributed by atoms with E-state index < -0.39 is 0 Å². The summed E-state index contributed by atoms with van der Waals surface area (Å²) >= 11 is 2.04. The predicted molar refractivity (Wildman–Crippen MR) is 72.4 cm³/mol. The van der Waals surface area contributed by atoms with E-state index in [9.17, 15) is 0 Å². The van der Waals surface area contributed by atoms with Gasteiger partial charge in [-0.2, -0.15) is 11.8 Å². The quantitative estimate of drug-likeness (QED) is 0.903. The fourth-order valence-corrected chi connectivity index (χ4v) is 3.46. The Morgan fingerprint density at radius 1 is 1.53 bits per heavy atom. The summed E-state index contributed by atoms with van der Waals surface area (Å²) in [4.78, 5) is 8.78. The minimum atomic E-state index is 0.778. The van der Waals surface area contributed by atoms with Gasteiger partial charge < -0.3 is 9.88 Å². The Labute approximate surface area is 105 Å². The van der Waals surface area contributed by atoms with Crippen LogP contribution in [0.2, 0.25) is 0 Å². The van der Waals surface area contributed by atoms with Gasteiger partial charge in [-0.25, -0.2) is 9.97 Å². The molecule has 1 aliphatic rings. The van der Waals surface area contributed by atoms with Gasteiger partial charge in [-0.3, -0.25) is 0 Å². The molecule has 1 atom stereocenters. The molecule has 2 aromatic heterocycles. The highest BCUT2D eigenvalue weighted by Gasteiger charge is 2.16. The minimum Gasteiger partial charge on any atom is -0.368 e. The number of anilines is 1. The predicted octanol–water partition coefficient (Wildman–Crippen LogP) is 2.13. The maximum absolute atomic E-state index is 4.40. The largest absolute Gasteiger partial charge is 0.368 e. The third-order valence-corrected chi connectivity index (χ3v) is 4.46. The van der Waals surface area contributed by atoms with Crippen LogP contribution >= 0.6 is 11.8 Å². The molecule has 5 heteroatoms. The van der Waals surface area contributed by atoms with Crippen LogP contribution in [0.5, 0.6) is 0 Å². The van der Waals surface area contributed by atoms with Gasteiger partial charge in [0.1, 0.15) is 5.52 Å². The Balaban J connectivity index is 1.79. The summed E-state index contributed by atoms with van der Waals surface area (Å²) in [5, 5.41) is 3.44. The zero-order chi connectivity index (χ0) is 11.7. The van der Waals surface area contributed by atoms with Gasteiger partial charge in [0.2, 0.25) is 0 Å². The third kappa shape index (κ3) is 2.11. The molecule has 90 valence electrons. The van der Waals surface area contributed by atoms with E-state index in [0.717, 1.165) is 29.3 Å². The first-order valence-corrected chi connectivity index (χ1v) is 7.07. The normalized spacial score (nSPS) is 19.9. The molecular weight excluding hydrogens is 232 g/mol. The van der Waals surface area contributed by atoms with Crippen molar-refractivity contribution in [1.82, 2.24) is 14.5 Å². The Morgan fingerprint density at radius 2 is 2.47 bits per heavy atom. The SMILES string of the molecule is Cn1cnc2c(NCC3CCSC3)nccc21. The van der Waals surface area contributed by atoms with E-state index in [1.54, 1.807) is 0 Å². The summed E-state index contributed by atoms with van der Waals surface area (Å²) in [5.74, 6) is 4.26. The van der Waals surface area contributed by atoms with E-state index in [1.807, 2.05) is 42.0 Å². The number of fused-ring (bicyclic) bond motifs is 1. The van der Waals surface area contributed by atoms with Crippen LogP contribution in [-0.2, 0) is 7.05 Å². The molecule has 0 spiro atoms. The zero-order valence-electron chi connectivity index (χ0n) is 9.89. The molecular formula is C12H16N4S. The monoisotopic (exact) mass is 248 g/mol. The van der Waals surface area contributed by atoms with Crippen molar-refractivity contribution < 1.29 is 0 Å². The van der Waals surface area contributed by atoms with Crippen LogP contribution in [0.3, 0.4) is 0 Å². The van der Waals surface area contributed by atoms with Crippen LogP contribution < -0.4 is 5.32 Å². The lowest BCUT2D eigenvalue weighted by Crippen LogP contribution is -2.14. The first-order chi connectivity index (χ1) is 8.34. The number of hydrogen-bond donors (Lipinski definition) is 1. The Kier molecular flexibility index (Phi) is 2.93. The molecule has 17 heavy (non-hydrogen) atoms. The van der Waals surface area contributed by atoms with Gasteiger partial charge in [-0.1, -0.05) is 0 Å². The second kappa shape index (κ2) is 4.56. The van der Waals surface area contributed by atoms with Crippen LogP contribution in [-0.4, -0.2) is 32.6 Å². The highest BCUT2D eigenvalue weighted by atomic mass is 32.2. The topological polar surface area (TPSA) is 42.7 Å². The number of nitrogens with zero attached hydrogens (tertiary/aromatic N) is 3. The number of pyridine rings is 1. The number of nitrogens with one attached hydrogen (secondary N) is 1. The number of thioether (sulfide) groups is 1. The second-order valence-electron chi connectivity index (χ2n) is 4.49. The average molecular weight is 248 g/mol. The second-order valence-corrected chi connectivity index (χ2v) is 5.64. The highest BCUT2D eigenvalue weighted by molar-refractivity contribution is 7.99. The standard InChI is InChI=1S/C12H16N4S/c1-16-8-15-11-10(16)2-4-13-12(11)14-6-9-3-5-17-7-9/h2,4,8-9H,3,5-7H2,1H3,(H,13,14). The summed E-state index contributed by atoms with van der Waals surface area (Å²) in [5.41, 5.74) is 2.10. The van der Waals surface area contributed by atoms with E-state index in [1.165, 1.54) is 17.9 Å².